The summed E-state index contributed by atoms with van der Waals surface area (Å²) in [7, 11) is -4.01. The lowest BCUT2D eigenvalue weighted by Crippen LogP contribution is -2.33. The molecule has 1 unspecified atom stereocenters. The number of aromatic nitrogens is 4. The monoisotopic (exact) mass is 572 g/mol. The molecule has 0 aliphatic rings. The van der Waals surface area contributed by atoms with Gasteiger partial charge in [-0.25, -0.2) is 24.3 Å². The van der Waals surface area contributed by atoms with Crippen LogP contribution in [0.4, 0.5) is 19.3 Å². The van der Waals surface area contributed by atoms with Crippen LogP contribution in [0.1, 0.15) is 22.8 Å². The summed E-state index contributed by atoms with van der Waals surface area (Å²) in [5, 5.41) is 18.4. The molecule has 2 amide bonds. The Hall–Kier alpha value is -4.38. The minimum atomic E-state index is -4.01. The zero-order chi connectivity index (χ0) is 27.6. The van der Waals surface area contributed by atoms with Gasteiger partial charge in [-0.15, -0.1) is 21.5 Å². The van der Waals surface area contributed by atoms with Crippen LogP contribution in [0.15, 0.2) is 65.2 Å². The van der Waals surface area contributed by atoms with Gasteiger partial charge < -0.3 is 15.1 Å². The van der Waals surface area contributed by atoms with Crippen LogP contribution in [0.2, 0.25) is 0 Å². The normalized spacial score (nSPS) is 12.4. The lowest BCUT2D eigenvalue weighted by atomic mass is 10.1. The van der Waals surface area contributed by atoms with Gasteiger partial charge in [0.05, 0.1) is 16.8 Å². The third kappa shape index (κ3) is 6.55. The molecule has 0 saturated carbocycles. The number of anilines is 1. The Morgan fingerprint density at radius 3 is 2.54 bits per heavy atom. The quantitative estimate of drug-likeness (QED) is 0.205. The van der Waals surface area contributed by atoms with Gasteiger partial charge in [0.25, 0.3) is 10.2 Å². The first-order chi connectivity index (χ1) is 18.6. The average molecular weight is 573 g/mol. The molecule has 1 atom stereocenters. The van der Waals surface area contributed by atoms with Crippen molar-refractivity contribution in [1.82, 2.24) is 30.2 Å². The number of amides is 2. The Kier molecular flexibility index (Phi) is 7.25. The SMILES string of the molecule is NS(=O)(=O)NCc1nnc(C(NC(=O)Nc2ccc(F)cc2)c2nc3ccc(-c4ccc(F)nc4)cc3s2)o1. The molecule has 0 saturated heterocycles. The van der Waals surface area contributed by atoms with Gasteiger partial charge in [-0.3, -0.25) is 0 Å². The third-order valence-corrected chi connectivity index (χ3v) is 6.87. The number of thiazole rings is 1. The fourth-order valence-corrected chi connectivity index (χ4v) is 4.85. The van der Waals surface area contributed by atoms with Crippen LogP contribution >= 0.6 is 11.3 Å². The van der Waals surface area contributed by atoms with E-state index < -0.39 is 34.0 Å². The molecule has 16 heteroatoms. The number of hydrogen-bond acceptors (Lipinski definition) is 9. The van der Waals surface area contributed by atoms with Gasteiger partial charge in [-0.05, 0) is 54.1 Å². The fraction of sp³-hybridized carbons (Fsp3) is 0.0870. The van der Waals surface area contributed by atoms with Gasteiger partial charge >= 0.3 is 6.03 Å². The van der Waals surface area contributed by atoms with Crippen LogP contribution in [0.3, 0.4) is 0 Å². The number of urea groups is 1. The maximum atomic E-state index is 13.2. The summed E-state index contributed by atoms with van der Waals surface area (Å²) >= 11 is 1.23. The zero-order valence-electron chi connectivity index (χ0n) is 19.6. The number of pyridine rings is 1. The number of halogens is 2. The summed E-state index contributed by atoms with van der Waals surface area (Å²) in [4.78, 5) is 21.1. The van der Waals surface area contributed by atoms with E-state index in [-0.39, 0.29) is 18.3 Å². The van der Waals surface area contributed by atoms with Crippen molar-refractivity contribution >= 4 is 43.5 Å². The Balaban J connectivity index is 1.46. The molecule has 0 spiro atoms. The molecule has 0 aliphatic heterocycles. The fourth-order valence-electron chi connectivity index (χ4n) is 3.47. The van der Waals surface area contributed by atoms with E-state index in [2.05, 4.69) is 30.8 Å². The summed E-state index contributed by atoms with van der Waals surface area (Å²) in [5.74, 6) is -1.23. The van der Waals surface area contributed by atoms with E-state index in [1.807, 2.05) is 10.8 Å². The Labute approximate surface area is 223 Å². The predicted molar refractivity (Wildman–Crippen MR) is 137 cm³/mol. The number of hydrogen-bond donors (Lipinski definition) is 4. The van der Waals surface area contributed by atoms with Gasteiger partial charge in [0.2, 0.25) is 17.7 Å². The highest BCUT2D eigenvalue weighted by Crippen LogP contribution is 2.33. The van der Waals surface area contributed by atoms with Crippen molar-refractivity contribution in [2.45, 2.75) is 12.6 Å². The van der Waals surface area contributed by atoms with E-state index in [1.54, 1.807) is 18.2 Å². The third-order valence-electron chi connectivity index (χ3n) is 5.24. The second kappa shape index (κ2) is 10.8. The summed E-state index contributed by atoms with van der Waals surface area (Å²) in [6, 6.07) is 11.7. The van der Waals surface area contributed by atoms with E-state index in [4.69, 9.17) is 9.56 Å². The van der Waals surface area contributed by atoms with Crippen LogP contribution in [0, 0.1) is 11.8 Å². The number of carbonyl (C=O) groups is 1. The van der Waals surface area contributed by atoms with Crippen molar-refractivity contribution in [3.63, 3.8) is 0 Å². The molecule has 39 heavy (non-hydrogen) atoms. The van der Waals surface area contributed by atoms with Crippen molar-refractivity contribution in [3.8, 4) is 11.1 Å². The zero-order valence-corrected chi connectivity index (χ0v) is 21.3. The largest absolute Gasteiger partial charge is 0.421 e. The minimum Gasteiger partial charge on any atom is -0.421 e. The Morgan fingerprint density at radius 2 is 1.82 bits per heavy atom. The molecular weight excluding hydrogens is 554 g/mol. The predicted octanol–water partition coefficient (Wildman–Crippen LogP) is 3.22. The van der Waals surface area contributed by atoms with Crippen LogP contribution in [-0.2, 0) is 16.8 Å². The molecule has 12 nitrogen and oxygen atoms in total. The van der Waals surface area contributed by atoms with Crippen molar-refractivity contribution in [2.24, 2.45) is 5.14 Å². The number of fused-ring (bicyclic) bond motifs is 1. The smallest absolute Gasteiger partial charge is 0.320 e. The average Bonchev–Trinajstić information content (AvgIpc) is 3.54. The molecule has 5 aromatic rings. The molecule has 3 aromatic heterocycles. The second-order valence-electron chi connectivity index (χ2n) is 8.04. The van der Waals surface area contributed by atoms with Crippen molar-refractivity contribution < 1.29 is 26.4 Å². The van der Waals surface area contributed by atoms with Gasteiger partial charge in [0.15, 0.2) is 6.04 Å². The second-order valence-corrected chi connectivity index (χ2v) is 10.5. The van der Waals surface area contributed by atoms with Crippen LogP contribution in [0.25, 0.3) is 21.3 Å². The van der Waals surface area contributed by atoms with E-state index in [9.17, 15) is 22.0 Å². The molecule has 2 aromatic carbocycles. The number of nitrogens with zero attached hydrogens (tertiary/aromatic N) is 4. The van der Waals surface area contributed by atoms with Gasteiger partial charge in [-0.1, -0.05) is 6.07 Å². The van der Waals surface area contributed by atoms with Crippen molar-refractivity contribution in [2.75, 3.05) is 5.32 Å². The summed E-state index contributed by atoms with van der Waals surface area (Å²) < 4.78 is 57.3. The highest BCUT2D eigenvalue weighted by atomic mass is 32.2. The molecule has 0 radical (unpaired) electrons. The molecule has 5 N–H and O–H groups in total. The molecule has 5 rings (SSSR count). The molecule has 0 fully saturated rings. The first kappa shape index (κ1) is 26.2. The van der Waals surface area contributed by atoms with Crippen LogP contribution < -0.4 is 20.5 Å². The highest BCUT2D eigenvalue weighted by Gasteiger charge is 2.27. The van der Waals surface area contributed by atoms with Crippen LogP contribution in [-0.4, -0.2) is 34.6 Å². The number of rotatable bonds is 8. The van der Waals surface area contributed by atoms with E-state index in [0.29, 0.717) is 21.8 Å². The number of carbonyl (C=O) groups excluding carboxylic acids is 1. The standard InChI is InChI=1S/C23H18F2N8O4S2/c24-14-3-5-15(6-4-14)29-23(34)31-20(21-33-32-19(37-21)11-28-39(26,35)36)22-30-16-7-1-12(9-17(16)38-22)13-2-8-18(25)27-10-13/h1-10,20,28H,11H2,(H2,26,35,36)(H2,29,31,34). The maximum absolute atomic E-state index is 13.2. The molecule has 200 valence electrons. The highest BCUT2D eigenvalue weighted by molar-refractivity contribution is 7.87. The number of benzene rings is 2. The molecule has 0 bridgehead atoms. The van der Waals surface area contributed by atoms with E-state index >= 15 is 0 Å². The number of nitrogens with one attached hydrogen (secondary N) is 3. The van der Waals surface area contributed by atoms with Gasteiger partial charge in [-0.2, -0.15) is 17.5 Å². The van der Waals surface area contributed by atoms with Crippen LogP contribution in [0.5, 0.6) is 0 Å². The summed E-state index contributed by atoms with van der Waals surface area (Å²) in [6.07, 6.45) is 1.41. The lowest BCUT2D eigenvalue weighted by Gasteiger charge is -2.13. The van der Waals surface area contributed by atoms with Gasteiger partial charge in [0, 0.05) is 17.4 Å². The van der Waals surface area contributed by atoms with E-state index in [1.165, 1.54) is 47.9 Å². The topological polar surface area (TPSA) is 178 Å². The lowest BCUT2D eigenvalue weighted by molar-refractivity contribution is 0.248. The first-order valence-corrected chi connectivity index (χ1v) is 13.4. The molecule has 3 heterocycles. The van der Waals surface area contributed by atoms with Crippen molar-refractivity contribution in [3.05, 3.63) is 89.3 Å². The Bertz CT molecular complexity index is 1740. The summed E-state index contributed by atoms with van der Waals surface area (Å²) in [5.41, 5.74) is 2.41. The Morgan fingerprint density at radius 1 is 1.05 bits per heavy atom. The van der Waals surface area contributed by atoms with E-state index in [0.717, 1.165) is 10.3 Å². The molecular formula is C23H18F2N8O4S2. The van der Waals surface area contributed by atoms with Crippen molar-refractivity contribution in [1.29, 1.82) is 0 Å². The minimum absolute atomic E-state index is 0.0718. The summed E-state index contributed by atoms with van der Waals surface area (Å²) in [6.45, 7) is -0.366. The number of nitrogens with two attached hydrogens (primary N) is 1. The molecule has 0 aliphatic carbocycles. The van der Waals surface area contributed by atoms with Gasteiger partial charge in [0.1, 0.15) is 10.8 Å². The maximum Gasteiger partial charge on any atom is 0.320 e. The first-order valence-electron chi connectivity index (χ1n) is 11.1.